The van der Waals surface area contributed by atoms with Crippen LogP contribution in [0.4, 0.5) is 4.39 Å². The summed E-state index contributed by atoms with van der Waals surface area (Å²) in [5.41, 5.74) is 0.607. The molecule has 1 N–H and O–H groups in total. The van der Waals surface area contributed by atoms with E-state index in [1.54, 1.807) is 6.07 Å². The van der Waals surface area contributed by atoms with Gasteiger partial charge in [-0.15, -0.1) is 0 Å². The lowest BCUT2D eigenvalue weighted by atomic mass is 10.1. The Bertz CT molecular complexity index is 592. The van der Waals surface area contributed by atoms with Crippen LogP contribution < -0.4 is 5.32 Å². The fourth-order valence-corrected chi connectivity index (χ4v) is 1.93. The molecule has 0 bridgehead atoms. The van der Waals surface area contributed by atoms with E-state index >= 15 is 0 Å². The predicted molar refractivity (Wildman–Crippen MR) is 76.2 cm³/mol. The van der Waals surface area contributed by atoms with E-state index in [-0.39, 0.29) is 10.6 Å². The van der Waals surface area contributed by atoms with Gasteiger partial charge in [-0.25, -0.2) is 4.39 Å². The predicted octanol–water partition coefficient (Wildman–Crippen LogP) is 3.46. The largest absolute Gasteiger partial charge is 0.339 e. The number of hydrogen-bond acceptors (Lipinski definition) is 4. The first kappa shape index (κ1) is 14.9. The van der Waals surface area contributed by atoms with Crippen molar-refractivity contribution in [2.24, 2.45) is 0 Å². The maximum absolute atomic E-state index is 13.0. The van der Waals surface area contributed by atoms with Crippen LogP contribution in [0.5, 0.6) is 0 Å². The van der Waals surface area contributed by atoms with Crippen molar-refractivity contribution >= 4 is 11.6 Å². The molecule has 0 aliphatic carbocycles. The molecule has 0 amide bonds. The molecule has 0 radical (unpaired) electrons. The molecular weight excluding hydrogens is 281 g/mol. The number of nitrogens with one attached hydrogen (secondary N) is 1. The summed E-state index contributed by atoms with van der Waals surface area (Å²) in [6, 6.07) is 4.09. The van der Waals surface area contributed by atoms with Crippen molar-refractivity contribution in [3.05, 3.63) is 34.9 Å². The minimum absolute atomic E-state index is 0.0448. The molecule has 0 unspecified atom stereocenters. The average molecular weight is 298 g/mol. The maximum atomic E-state index is 13.0. The molecule has 2 aromatic rings. The Morgan fingerprint density at radius 3 is 2.75 bits per heavy atom. The zero-order valence-electron chi connectivity index (χ0n) is 11.7. The third-order valence-corrected chi connectivity index (χ3v) is 2.95. The molecule has 6 heteroatoms. The second-order valence-corrected chi connectivity index (χ2v) is 5.97. The highest BCUT2D eigenvalue weighted by atomic mass is 35.5. The van der Waals surface area contributed by atoms with Crippen molar-refractivity contribution in [3.63, 3.8) is 0 Å². The summed E-state index contributed by atoms with van der Waals surface area (Å²) in [5, 5.41) is 7.47. The van der Waals surface area contributed by atoms with Gasteiger partial charge in [0.25, 0.3) is 0 Å². The van der Waals surface area contributed by atoms with Crippen LogP contribution in [-0.4, -0.2) is 22.2 Å². The molecule has 0 atom stereocenters. The lowest BCUT2D eigenvalue weighted by Gasteiger charge is -2.19. The zero-order valence-corrected chi connectivity index (χ0v) is 12.5. The van der Waals surface area contributed by atoms with E-state index < -0.39 is 5.82 Å². The summed E-state index contributed by atoms with van der Waals surface area (Å²) in [6.07, 6.45) is 0.628. The van der Waals surface area contributed by atoms with Gasteiger partial charge in [-0.05, 0) is 39.0 Å². The number of benzene rings is 1. The molecule has 0 fully saturated rings. The van der Waals surface area contributed by atoms with Crippen molar-refractivity contribution in [1.29, 1.82) is 0 Å². The molecule has 20 heavy (non-hydrogen) atoms. The molecule has 2 rings (SSSR count). The number of nitrogens with zero attached hydrogens (tertiary/aromatic N) is 2. The van der Waals surface area contributed by atoms with Crippen LogP contribution in [0.25, 0.3) is 11.4 Å². The molecule has 1 aromatic heterocycles. The molecule has 1 aromatic carbocycles. The highest BCUT2D eigenvalue weighted by Gasteiger charge is 2.13. The maximum Gasteiger partial charge on any atom is 0.228 e. The van der Waals surface area contributed by atoms with E-state index in [0.29, 0.717) is 23.7 Å². The van der Waals surface area contributed by atoms with Gasteiger partial charge in [-0.2, -0.15) is 4.98 Å². The van der Waals surface area contributed by atoms with Crippen LogP contribution in [0, 0.1) is 5.82 Å². The van der Waals surface area contributed by atoms with E-state index in [2.05, 4.69) is 36.2 Å². The first-order valence-corrected chi connectivity index (χ1v) is 6.76. The minimum Gasteiger partial charge on any atom is -0.339 e. The first-order chi connectivity index (χ1) is 9.35. The van der Waals surface area contributed by atoms with Gasteiger partial charge in [0.2, 0.25) is 11.7 Å². The van der Waals surface area contributed by atoms with E-state index in [4.69, 9.17) is 16.1 Å². The van der Waals surface area contributed by atoms with Gasteiger partial charge in [-0.1, -0.05) is 16.8 Å². The van der Waals surface area contributed by atoms with Crippen molar-refractivity contribution in [3.8, 4) is 11.4 Å². The van der Waals surface area contributed by atoms with Crippen LogP contribution in [0.1, 0.15) is 26.7 Å². The molecule has 108 valence electrons. The van der Waals surface area contributed by atoms with E-state index in [1.807, 2.05) is 0 Å². The van der Waals surface area contributed by atoms with Crippen LogP contribution in [-0.2, 0) is 6.42 Å². The molecule has 1 heterocycles. The number of hydrogen-bond donors (Lipinski definition) is 1. The van der Waals surface area contributed by atoms with Crippen molar-refractivity contribution < 1.29 is 8.91 Å². The van der Waals surface area contributed by atoms with E-state index in [9.17, 15) is 4.39 Å². The molecule has 0 saturated carbocycles. The molecule has 0 spiro atoms. The third-order valence-electron chi connectivity index (χ3n) is 2.63. The van der Waals surface area contributed by atoms with Gasteiger partial charge in [-0.3, -0.25) is 0 Å². The van der Waals surface area contributed by atoms with E-state index in [0.717, 1.165) is 6.54 Å². The van der Waals surface area contributed by atoms with Crippen LogP contribution in [0.15, 0.2) is 22.7 Å². The standard InChI is InChI=1S/C14H17ClFN3O/c1-14(2,3)17-7-6-12-18-13(19-20-12)10-5-4-9(16)8-11(10)15/h4-5,8,17H,6-7H2,1-3H3. The Labute approximate surface area is 122 Å². The van der Waals surface area contributed by atoms with Gasteiger partial charge in [0.1, 0.15) is 5.82 Å². The summed E-state index contributed by atoms with van der Waals surface area (Å²) >= 11 is 5.96. The van der Waals surface area contributed by atoms with Crippen molar-refractivity contribution in [2.45, 2.75) is 32.7 Å². The third kappa shape index (κ3) is 4.02. The summed E-state index contributed by atoms with van der Waals surface area (Å²) in [7, 11) is 0. The Balaban J connectivity index is 2.05. The van der Waals surface area contributed by atoms with Gasteiger partial charge in [0.05, 0.1) is 5.02 Å². The van der Waals surface area contributed by atoms with Gasteiger partial charge < -0.3 is 9.84 Å². The number of aromatic nitrogens is 2. The fraction of sp³-hybridized carbons (Fsp3) is 0.429. The highest BCUT2D eigenvalue weighted by molar-refractivity contribution is 6.33. The monoisotopic (exact) mass is 297 g/mol. The Morgan fingerprint density at radius 2 is 2.10 bits per heavy atom. The molecular formula is C14H17ClFN3O. The Kier molecular flexibility index (Phi) is 4.40. The minimum atomic E-state index is -0.392. The first-order valence-electron chi connectivity index (χ1n) is 6.38. The topological polar surface area (TPSA) is 51.0 Å². The highest BCUT2D eigenvalue weighted by Crippen LogP contribution is 2.26. The molecule has 4 nitrogen and oxygen atoms in total. The normalized spacial score (nSPS) is 11.8. The average Bonchev–Trinajstić information content (AvgIpc) is 2.75. The second kappa shape index (κ2) is 5.89. The van der Waals surface area contributed by atoms with Gasteiger partial charge >= 0.3 is 0 Å². The zero-order chi connectivity index (χ0) is 14.8. The fourth-order valence-electron chi connectivity index (χ4n) is 1.68. The molecule has 0 aliphatic rings. The van der Waals surface area contributed by atoms with Gasteiger partial charge in [0.15, 0.2) is 0 Å². The van der Waals surface area contributed by atoms with Gasteiger partial charge in [0, 0.05) is 24.1 Å². The lowest BCUT2D eigenvalue weighted by Crippen LogP contribution is -2.37. The number of rotatable bonds is 4. The van der Waals surface area contributed by atoms with E-state index in [1.165, 1.54) is 12.1 Å². The van der Waals surface area contributed by atoms with Crippen LogP contribution in [0.3, 0.4) is 0 Å². The summed E-state index contributed by atoms with van der Waals surface area (Å²) < 4.78 is 18.2. The second-order valence-electron chi connectivity index (χ2n) is 5.56. The summed E-state index contributed by atoms with van der Waals surface area (Å²) in [5.74, 6) is 0.509. The van der Waals surface area contributed by atoms with Crippen molar-refractivity contribution in [1.82, 2.24) is 15.5 Å². The lowest BCUT2D eigenvalue weighted by molar-refractivity contribution is 0.362. The van der Waals surface area contributed by atoms with Crippen LogP contribution in [0.2, 0.25) is 5.02 Å². The quantitative estimate of drug-likeness (QED) is 0.939. The Morgan fingerprint density at radius 1 is 1.35 bits per heavy atom. The smallest absolute Gasteiger partial charge is 0.228 e. The molecule has 0 saturated heterocycles. The number of halogens is 2. The molecule has 0 aliphatic heterocycles. The SMILES string of the molecule is CC(C)(C)NCCc1nc(-c2ccc(F)cc2Cl)no1. The summed E-state index contributed by atoms with van der Waals surface area (Å²) in [4.78, 5) is 4.27. The van der Waals surface area contributed by atoms with Crippen LogP contribution >= 0.6 is 11.6 Å². The van der Waals surface area contributed by atoms with Crippen molar-refractivity contribution in [2.75, 3.05) is 6.54 Å². The summed E-state index contributed by atoms with van der Waals surface area (Å²) in [6.45, 7) is 7.00. The Hall–Kier alpha value is -1.46.